The van der Waals surface area contributed by atoms with Gasteiger partial charge in [0.1, 0.15) is 0 Å². The highest BCUT2D eigenvalue weighted by molar-refractivity contribution is 5.95. The highest BCUT2D eigenvalue weighted by Crippen LogP contribution is 2.20. The maximum Gasteiger partial charge on any atom is 0.360 e. The van der Waals surface area contributed by atoms with E-state index in [-0.39, 0.29) is 11.6 Å². The van der Waals surface area contributed by atoms with Crippen molar-refractivity contribution in [3.05, 3.63) is 65.9 Å². The molecule has 0 aliphatic rings. The fourth-order valence-electron chi connectivity index (χ4n) is 2.61. The number of benzene rings is 2. The van der Waals surface area contributed by atoms with Crippen molar-refractivity contribution in [3.63, 3.8) is 0 Å². The summed E-state index contributed by atoms with van der Waals surface area (Å²) in [5, 5.41) is 3.27. The van der Waals surface area contributed by atoms with E-state index in [2.05, 4.69) is 34.3 Å². The summed E-state index contributed by atoms with van der Waals surface area (Å²) in [5.74, 6) is 0.264. The topological polar surface area (TPSA) is 64.1 Å². The Hall–Kier alpha value is -2.95. The summed E-state index contributed by atoms with van der Waals surface area (Å²) in [6.07, 6.45) is 0. The molecular weight excluding hydrogens is 314 g/mol. The first-order valence-electron chi connectivity index (χ1n) is 8.41. The molecule has 1 N–H and O–H groups in total. The number of hydrogen-bond donors (Lipinski definition) is 1. The van der Waals surface area contributed by atoms with Crippen molar-refractivity contribution in [3.8, 4) is 0 Å². The third kappa shape index (κ3) is 3.94. The van der Waals surface area contributed by atoms with E-state index in [4.69, 9.17) is 4.74 Å². The molecule has 0 saturated heterocycles. The molecule has 0 radical (unpaired) electrons. The molecule has 1 atom stereocenters. The predicted octanol–water partition coefficient (Wildman–Crippen LogP) is 4.02. The van der Waals surface area contributed by atoms with Crippen LogP contribution in [0.4, 0.5) is 5.82 Å². The van der Waals surface area contributed by atoms with Crippen molar-refractivity contribution in [1.82, 2.24) is 9.97 Å². The van der Waals surface area contributed by atoms with Gasteiger partial charge in [0.25, 0.3) is 0 Å². The van der Waals surface area contributed by atoms with E-state index < -0.39 is 5.97 Å². The standard InChI is InChI=1S/C20H21N3O2/c1-3-25-20(24)18-19(23-17-12-8-7-11-16(17)22-18)21-13-14(2)15-9-5-4-6-10-15/h4-12,14H,3,13H2,1-2H3,(H,21,23)/t14-/m1/s1. The first-order chi connectivity index (χ1) is 12.2. The molecule has 5 nitrogen and oxygen atoms in total. The van der Waals surface area contributed by atoms with Gasteiger partial charge in [-0.15, -0.1) is 0 Å². The third-order valence-electron chi connectivity index (χ3n) is 3.98. The molecule has 3 aromatic rings. The van der Waals surface area contributed by atoms with Gasteiger partial charge < -0.3 is 10.1 Å². The summed E-state index contributed by atoms with van der Waals surface area (Å²) >= 11 is 0. The highest BCUT2D eigenvalue weighted by atomic mass is 16.5. The van der Waals surface area contributed by atoms with Crippen molar-refractivity contribution in [1.29, 1.82) is 0 Å². The van der Waals surface area contributed by atoms with Gasteiger partial charge >= 0.3 is 5.97 Å². The Labute approximate surface area is 147 Å². The summed E-state index contributed by atoms with van der Waals surface area (Å²) in [6.45, 7) is 4.84. The quantitative estimate of drug-likeness (QED) is 0.689. The van der Waals surface area contributed by atoms with E-state index in [1.54, 1.807) is 6.92 Å². The van der Waals surface area contributed by atoms with Crippen molar-refractivity contribution in [2.75, 3.05) is 18.5 Å². The number of nitrogens with zero attached hydrogens (tertiary/aromatic N) is 2. The van der Waals surface area contributed by atoms with E-state index in [1.807, 2.05) is 42.5 Å². The summed E-state index contributed by atoms with van der Waals surface area (Å²) in [6, 6.07) is 17.7. The monoisotopic (exact) mass is 335 g/mol. The van der Waals surface area contributed by atoms with Crippen molar-refractivity contribution >= 4 is 22.8 Å². The average molecular weight is 335 g/mol. The largest absolute Gasteiger partial charge is 0.461 e. The number of nitrogens with one attached hydrogen (secondary N) is 1. The molecule has 0 bridgehead atoms. The van der Waals surface area contributed by atoms with Crippen LogP contribution >= 0.6 is 0 Å². The van der Waals surface area contributed by atoms with E-state index in [0.29, 0.717) is 24.5 Å². The Balaban J connectivity index is 1.88. The Morgan fingerprint density at radius 1 is 1.04 bits per heavy atom. The zero-order chi connectivity index (χ0) is 17.6. The lowest BCUT2D eigenvalue weighted by molar-refractivity contribution is 0.0521. The van der Waals surface area contributed by atoms with Crippen LogP contribution in [0.25, 0.3) is 11.0 Å². The number of carbonyl (C=O) groups excluding carboxylic acids is 1. The number of rotatable bonds is 6. The number of esters is 1. The van der Waals surface area contributed by atoms with Crippen LogP contribution in [0, 0.1) is 0 Å². The smallest absolute Gasteiger partial charge is 0.360 e. The summed E-state index contributed by atoms with van der Waals surface area (Å²) < 4.78 is 5.13. The summed E-state index contributed by atoms with van der Waals surface area (Å²) in [7, 11) is 0. The zero-order valence-electron chi connectivity index (χ0n) is 14.4. The van der Waals surface area contributed by atoms with Crippen LogP contribution in [0.1, 0.15) is 35.8 Å². The maximum atomic E-state index is 12.3. The van der Waals surface area contributed by atoms with Crippen LogP contribution in [0.2, 0.25) is 0 Å². The van der Waals surface area contributed by atoms with Gasteiger partial charge in [0.05, 0.1) is 17.6 Å². The molecule has 3 rings (SSSR count). The lowest BCUT2D eigenvalue weighted by Crippen LogP contribution is -2.17. The highest BCUT2D eigenvalue weighted by Gasteiger charge is 2.18. The van der Waals surface area contributed by atoms with Gasteiger partial charge in [-0.3, -0.25) is 0 Å². The molecule has 0 aliphatic carbocycles. The fourth-order valence-corrected chi connectivity index (χ4v) is 2.61. The van der Waals surface area contributed by atoms with Crippen LogP contribution in [0.15, 0.2) is 54.6 Å². The maximum absolute atomic E-state index is 12.3. The molecule has 1 aromatic heterocycles. The van der Waals surface area contributed by atoms with Gasteiger partial charge in [0.2, 0.25) is 0 Å². The van der Waals surface area contributed by atoms with Gasteiger partial charge in [-0.05, 0) is 30.5 Å². The lowest BCUT2D eigenvalue weighted by Gasteiger charge is -2.15. The SMILES string of the molecule is CCOC(=O)c1nc2ccccc2nc1NC[C@@H](C)c1ccccc1. The first kappa shape index (κ1) is 16.9. The second-order valence-electron chi connectivity index (χ2n) is 5.82. The van der Waals surface area contributed by atoms with Crippen LogP contribution in [-0.4, -0.2) is 29.1 Å². The van der Waals surface area contributed by atoms with Crippen molar-refractivity contribution < 1.29 is 9.53 Å². The van der Waals surface area contributed by atoms with Crippen LogP contribution in [-0.2, 0) is 4.74 Å². The summed E-state index contributed by atoms with van der Waals surface area (Å²) in [5.41, 5.74) is 2.86. The molecule has 5 heteroatoms. The number of carbonyl (C=O) groups is 1. The number of anilines is 1. The molecule has 2 aromatic carbocycles. The Morgan fingerprint density at radius 2 is 1.68 bits per heavy atom. The number of ether oxygens (including phenoxy) is 1. The Bertz CT molecular complexity index is 865. The molecule has 0 fully saturated rings. The number of para-hydroxylation sites is 2. The number of hydrogen-bond acceptors (Lipinski definition) is 5. The zero-order valence-corrected chi connectivity index (χ0v) is 14.4. The average Bonchev–Trinajstić information content (AvgIpc) is 2.66. The molecule has 0 unspecified atom stereocenters. The van der Waals surface area contributed by atoms with E-state index >= 15 is 0 Å². The molecule has 1 heterocycles. The third-order valence-corrected chi connectivity index (χ3v) is 3.98. The second-order valence-corrected chi connectivity index (χ2v) is 5.82. The minimum Gasteiger partial charge on any atom is -0.461 e. The molecule has 128 valence electrons. The van der Waals surface area contributed by atoms with E-state index in [9.17, 15) is 4.79 Å². The second kappa shape index (κ2) is 7.75. The van der Waals surface area contributed by atoms with E-state index in [0.717, 1.165) is 5.52 Å². The molecular formula is C20H21N3O2. The van der Waals surface area contributed by atoms with Crippen LogP contribution in [0.3, 0.4) is 0 Å². The first-order valence-corrected chi connectivity index (χ1v) is 8.41. The molecule has 0 aliphatic heterocycles. The van der Waals surface area contributed by atoms with Crippen LogP contribution in [0.5, 0.6) is 0 Å². The summed E-state index contributed by atoms with van der Waals surface area (Å²) in [4.78, 5) is 21.3. The number of aromatic nitrogens is 2. The van der Waals surface area contributed by atoms with Gasteiger partial charge in [0.15, 0.2) is 11.5 Å². The predicted molar refractivity (Wildman–Crippen MR) is 98.8 cm³/mol. The Morgan fingerprint density at radius 3 is 2.36 bits per heavy atom. The van der Waals surface area contributed by atoms with E-state index in [1.165, 1.54) is 5.56 Å². The van der Waals surface area contributed by atoms with Gasteiger partial charge in [0, 0.05) is 6.54 Å². The molecule has 0 saturated carbocycles. The molecule has 0 spiro atoms. The van der Waals surface area contributed by atoms with Crippen molar-refractivity contribution in [2.45, 2.75) is 19.8 Å². The lowest BCUT2D eigenvalue weighted by atomic mass is 10.0. The molecule has 0 amide bonds. The van der Waals surface area contributed by atoms with Gasteiger partial charge in [-0.2, -0.15) is 0 Å². The number of fused-ring (bicyclic) bond motifs is 1. The Kier molecular flexibility index (Phi) is 5.23. The normalized spacial score (nSPS) is 11.9. The fraction of sp³-hybridized carbons (Fsp3) is 0.250. The minimum atomic E-state index is -0.462. The van der Waals surface area contributed by atoms with Gasteiger partial charge in [-0.1, -0.05) is 49.4 Å². The van der Waals surface area contributed by atoms with Crippen molar-refractivity contribution in [2.24, 2.45) is 0 Å². The van der Waals surface area contributed by atoms with Gasteiger partial charge in [-0.25, -0.2) is 14.8 Å². The minimum absolute atomic E-state index is 0.223. The molecule has 25 heavy (non-hydrogen) atoms. The van der Waals surface area contributed by atoms with Crippen LogP contribution < -0.4 is 5.32 Å².